The minimum Gasteiger partial charge on any atom is -0.459 e. The third-order valence-electron chi connectivity index (χ3n) is 3.47. The number of guanidine groups is 1. The van der Waals surface area contributed by atoms with E-state index in [2.05, 4.69) is 31.1 Å². The second-order valence-electron chi connectivity index (χ2n) is 5.13. The number of nitrogens with zero attached hydrogens (tertiary/aromatic N) is 4. The topological polar surface area (TPSA) is 109 Å². The van der Waals surface area contributed by atoms with Crippen LogP contribution in [0.3, 0.4) is 0 Å². The van der Waals surface area contributed by atoms with Gasteiger partial charge in [-0.15, -0.1) is 34.2 Å². The fourth-order valence-electron chi connectivity index (χ4n) is 2.25. The molecule has 3 aromatic rings. The molecule has 0 spiro atoms. The molecule has 0 bridgehead atoms. The van der Waals surface area contributed by atoms with Crippen LogP contribution in [0.4, 0.5) is 0 Å². The first-order valence-corrected chi connectivity index (χ1v) is 7.83. The van der Waals surface area contributed by atoms with Crippen molar-refractivity contribution in [1.29, 1.82) is 0 Å². The third-order valence-corrected chi connectivity index (χ3v) is 3.47. The van der Waals surface area contributed by atoms with Crippen LogP contribution in [-0.2, 0) is 6.54 Å². The van der Waals surface area contributed by atoms with E-state index in [1.54, 1.807) is 19.2 Å². The second-order valence-corrected chi connectivity index (χ2v) is 5.13. The number of nitrogens with one attached hydrogen (secondary N) is 3. The van der Waals surface area contributed by atoms with Crippen molar-refractivity contribution in [2.75, 3.05) is 20.1 Å². The van der Waals surface area contributed by atoms with Crippen molar-refractivity contribution in [1.82, 2.24) is 30.5 Å². The molecule has 9 nitrogen and oxygen atoms in total. The monoisotopic (exact) mass is 469 g/mol. The number of hydrogen-bond acceptors (Lipinski definition) is 5. The Morgan fingerprint density at radius 1 is 1.15 bits per heavy atom. The molecule has 3 rings (SSSR count). The highest BCUT2D eigenvalue weighted by atomic mass is 127. The van der Waals surface area contributed by atoms with Crippen LogP contribution in [0.1, 0.15) is 16.4 Å². The SMILES string of the molecule is CN=C(NCCNC(=O)c1ccco1)NCc1nnc2ccccn12.I. The van der Waals surface area contributed by atoms with Crippen LogP contribution in [0.2, 0.25) is 0 Å². The first-order chi connectivity index (χ1) is 12.3. The van der Waals surface area contributed by atoms with Crippen LogP contribution in [0.15, 0.2) is 52.2 Å². The van der Waals surface area contributed by atoms with E-state index in [1.165, 1.54) is 6.26 Å². The summed E-state index contributed by atoms with van der Waals surface area (Å²) in [6, 6.07) is 9.03. The number of carbonyl (C=O) groups excluding carboxylic acids is 1. The van der Waals surface area contributed by atoms with Gasteiger partial charge in [-0.25, -0.2) is 0 Å². The number of aromatic nitrogens is 3. The van der Waals surface area contributed by atoms with Crippen molar-refractivity contribution in [2.24, 2.45) is 4.99 Å². The first kappa shape index (κ1) is 19.7. The summed E-state index contributed by atoms with van der Waals surface area (Å²) < 4.78 is 6.93. The Balaban J connectivity index is 0.00000243. The number of furan rings is 1. The van der Waals surface area contributed by atoms with Crippen molar-refractivity contribution >= 4 is 41.5 Å². The fraction of sp³-hybridized carbons (Fsp3) is 0.250. The number of halogens is 1. The zero-order chi connectivity index (χ0) is 17.5. The smallest absolute Gasteiger partial charge is 0.287 e. The van der Waals surface area contributed by atoms with Gasteiger partial charge in [0.2, 0.25) is 0 Å². The van der Waals surface area contributed by atoms with Crippen LogP contribution in [-0.4, -0.2) is 46.6 Å². The Kier molecular flexibility index (Phi) is 7.38. The van der Waals surface area contributed by atoms with E-state index in [1.807, 2.05) is 28.8 Å². The molecule has 0 aromatic carbocycles. The van der Waals surface area contributed by atoms with Gasteiger partial charge in [0, 0.05) is 26.3 Å². The van der Waals surface area contributed by atoms with Gasteiger partial charge in [0.1, 0.15) is 0 Å². The largest absolute Gasteiger partial charge is 0.459 e. The Hall–Kier alpha value is -2.63. The van der Waals surface area contributed by atoms with Gasteiger partial charge in [-0.2, -0.15) is 0 Å². The summed E-state index contributed by atoms with van der Waals surface area (Å²) in [4.78, 5) is 15.9. The minimum atomic E-state index is -0.246. The molecule has 3 aromatic heterocycles. The van der Waals surface area contributed by atoms with Gasteiger partial charge in [0.05, 0.1) is 12.8 Å². The van der Waals surface area contributed by atoms with Gasteiger partial charge in [-0.3, -0.25) is 14.2 Å². The molecule has 0 saturated carbocycles. The number of carbonyl (C=O) groups is 1. The highest BCUT2D eigenvalue weighted by Gasteiger charge is 2.08. The van der Waals surface area contributed by atoms with E-state index in [4.69, 9.17) is 4.42 Å². The maximum absolute atomic E-state index is 11.7. The molecule has 10 heteroatoms. The normalized spacial score (nSPS) is 11.0. The molecule has 3 N–H and O–H groups in total. The van der Waals surface area contributed by atoms with Crippen LogP contribution >= 0.6 is 24.0 Å². The molecule has 3 heterocycles. The molecule has 0 saturated heterocycles. The lowest BCUT2D eigenvalue weighted by molar-refractivity contribution is 0.0926. The lowest BCUT2D eigenvalue weighted by Gasteiger charge is -2.11. The number of amides is 1. The van der Waals surface area contributed by atoms with Gasteiger partial charge < -0.3 is 20.4 Å². The Bertz CT molecular complexity index is 861. The van der Waals surface area contributed by atoms with Crippen LogP contribution in [0.5, 0.6) is 0 Å². The molecule has 1 amide bonds. The number of aliphatic imine (C=N–C) groups is 1. The molecule has 0 atom stereocenters. The third kappa shape index (κ3) is 4.94. The number of hydrogen-bond donors (Lipinski definition) is 3. The van der Waals surface area contributed by atoms with Crippen LogP contribution in [0, 0.1) is 0 Å². The summed E-state index contributed by atoms with van der Waals surface area (Å²) in [5.41, 5.74) is 0.794. The molecular weight excluding hydrogens is 449 g/mol. The zero-order valence-corrected chi connectivity index (χ0v) is 16.5. The number of rotatable bonds is 6. The van der Waals surface area contributed by atoms with Gasteiger partial charge in [-0.1, -0.05) is 6.07 Å². The molecule has 0 radical (unpaired) electrons. The summed E-state index contributed by atoms with van der Waals surface area (Å²) in [5.74, 6) is 1.44. The number of pyridine rings is 1. The molecule has 0 aliphatic carbocycles. The molecule has 0 aliphatic rings. The van der Waals surface area contributed by atoms with Gasteiger partial charge >= 0.3 is 0 Å². The van der Waals surface area contributed by atoms with E-state index in [0.29, 0.717) is 31.4 Å². The minimum absolute atomic E-state index is 0. The van der Waals surface area contributed by atoms with Crippen molar-refractivity contribution in [3.05, 3.63) is 54.4 Å². The Labute approximate surface area is 167 Å². The van der Waals surface area contributed by atoms with Crippen LogP contribution < -0.4 is 16.0 Å². The fourth-order valence-corrected chi connectivity index (χ4v) is 2.25. The number of fused-ring (bicyclic) bond motifs is 1. The molecule has 0 unspecified atom stereocenters. The summed E-state index contributed by atoms with van der Waals surface area (Å²) in [7, 11) is 1.68. The van der Waals surface area contributed by atoms with Crippen molar-refractivity contribution in [2.45, 2.75) is 6.54 Å². The second kappa shape index (κ2) is 9.75. The van der Waals surface area contributed by atoms with E-state index in [9.17, 15) is 4.79 Å². The van der Waals surface area contributed by atoms with Crippen LogP contribution in [0.25, 0.3) is 5.65 Å². The summed E-state index contributed by atoms with van der Waals surface area (Å²) >= 11 is 0. The summed E-state index contributed by atoms with van der Waals surface area (Å²) in [6.07, 6.45) is 3.37. The molecule has 138 valence electrons. The molecule has 0 aliphatic heterocycles. The maximum Gasteiger partial charge on any atom is 0.287 e. The van der Waals surface area contributed by atoms with Crippen molar-refractivity contribution < 1.29 is 9.21 Å². The standard InChI is InChI=1S/C16H19N7O2.HI/c1-17-16(19-8-7-18-15(24)12-5-4-10-25-12)20-11-14-22-21-13-6-2-3-9-23(13)14;/h2-6,9-10H,7-8,11H2,1H3,(H,18,24)(H2,17,19,20);1H. The predicted octanol–water partition coefficient (Wildman–Crippen LogP) is 1.04. The Morgan fingerprint density at radius 2 is 2.00 bits per heavy atom. The quantitative estimate of drug-likeness (QED) is 0.216. The zero-order valence-electron chi connectivity index (χ0n) is 14.2. The lowest BCUT2D eigenvalue weighted by Crippen LogP contribution is -2.41. The van der Waals surface area contributed by atoms with E-state index < -0.39 is 0 Å². The highest BCUT2D eigenvalue weighted by molar-refractivity contribution is 14.0. The van der Waals surface area contributed by atoms with Crippen molar-refractivity contribution in [3.8, 4) is 0 Å². The van der Waals surface area contributed by atoms with E-state index >= 15 is 0 Å². The molecular formula is C16H20IN7O2. The summed E-state index contributed by atoms with van der Waals surface area (Å²) in [5, 5.41) is 17.3. The van der Waals surface area contributed by atoms with Crippen molar-refractivity contribution in [3.63, 3.8) is 0 Å². The van der Waals surface area contributed by atoms with Gasteiger partial charge in [-0.05, 0) is 24.3 Å². The maximum atomic E-state index is 11.7. The Morgan fingerprint density at radius 3 is 2.77 bits per heavy atom. The lowest BCUT2D eigenvalue weighted by atomic mass is 10.4. The average Bonchev–Trinajstić information content (AvgIpc) is 3.31. The highest BCUT2D eigenvalue weighted by Crippen LogP contribution is 2.02. The predicted molar refractivity (Wildman–Crippen MR) is 108 cm³/mol. The first-order valence-electron chi connectivity index (χ1n) is 7.83. The van der Waals surface area contributed by atoms with E-state index in [-0.39, 0.29) is 29.9 Å². The summed E-state index contributed by atoms with van der Waals surface area (Å²) in [6.45, 7) is 1.43. The van der Waals surface area contributed by atoms with E-state index in [0.717, 1.165) is 11.5 Å². The van der Waals surface area contributed by atoms with Gasteiger partial charge in [0.15, 0.2) is 23.2 Å². The molecule has 26 heavy (non-hydrogen) atoms. The van der Waals surface area contributed by atoms with Gasteiger partial charge in [0.25, 0.3) is 5.91 Å². The molecule has 0 fully saturated rings. The average molecular weight is 469 g/mol.